The first-order valence-corrected chi connectivity index (χ1v) is 7.74. The molecule has 0 saturated carbocycles. The van der Waals surface area contributed by atoms with Crippen LogP contribution < -0.4 is 5.32 Å². The van der Waals surface area contributed by atoms with Crippen molar-refractivity contribution in [1.29, 1.82) is 0 Å². The molecule has 6 heteroatoms. The highest BCUT2D eigenvalue weighted by Gasteiger charge is 2.54. The van der Waals surface area contributed by atoms with Crippen molar-refractivity contribution in [3.05, 3.63) is 42.0 Å². The molecule has 2 aliphatic rings. The molecule has 3 atom stereocenters. The molecule has 0 aliphatic carbocycles. The van der Waals surface area contributed by atoms with E-state index in [1.54, 1.807) is 7.05 Å². The molecule has 0 radical (unpaired) electrons. The van der Waals surface area contributed by atoms with Crippen LogP contribution in [0, 0.1) is 11.7 Å². The number of ether oxygens (including phenoxy) is 1. The number of carbonyl (C=O) groups excluding carboxylic acids is 1. The summed E-state index contributed by atoms with van der Waals surface area (Å²) in [5, 5.41) is 13.0. The van der Waals surface area contributed by atoms with Crippen molar-refractivity contribution in [2.45, 2.75) is 31.4 Å². The lowest BCUT2D eigenvalue weighted by molar-refractivity contribution is -0.154. The zero-order valence-corrected chi connectivity index (χ0v) is 13.3. The Balaban J connectivity index is 2.13. The second-order valence-corrected chi connectivity index (χ2v) is 6.23. The minimum Gasteiger partial charge on any atom is -0.508 e. The number of rotatable bonds is 2. The molecule has 2 aliphatic heterocycles. The summed E-state index contributed by atoms with van der Waals surface area (Å²) in [7, 11) is 1.65. The number of hydrogen-bond donors (Lipinski definition) is 2. The van der Waals surface area contributed by atoms with Gasteiger partial charge >= 0.3 is 0 Å². The van der Waals surface area contributed by atoms with Gasteiger partial charge in [0.2, 0.25) is 5.91 Å². The number of phenolic OH excluding ortho intramolecular Hbond substituents is 1. The van der Waals surface area contributed by atoms with Gasteiger partial charge in [0.1, 0.15) is 22.9 Å². The first kappa shape index (κ1) is 15.8. The van der Waals surface area contributed by atoms with Gasteiger partial charge < -0.3 is 20.1 Å². The van der Waals surface area contributed by atoms with E-state index in [9.17, 15) is 14.3 Å². The summed E-state index contributed by atoms with van der Waals surface area (Å²) in [6, 6.07) is 3.85. The monoisotopic (exact) mass is 320 g/mol. The quantitative estimate of drug-likeness (QED) is 0.876. The van der Waals surface area contributed by atoms with E-state index in [-0.39, 0.29) is 29.9 Å². The molecule has 0 aromatic heterocycles. The molecule has 23 heavy (non-hydrogen) atoms. The molecule has 3 rings (SSSR count). The van der Waals surface area contributed by atoms with Crippen LogP contribution in [-0.4, -0.2) is 35.7 Å². The molecule has 0 spiro atoms. The molecule has 2 saturated heterocycles. The number of carbonyl (C=O) groups is 1. The van der Waals surface area contributed by atoms with E-state index in [2.05, 4.69) is 11.9 Å². The molecule has 5 nitrogen and oxygen atoms in total. The maximum Gasteiger partial charge on any atom is 0.233 e. The molecule has 0 unspecified atom stereocenters. The maximum atomic E-state index is 14.5. The highest BCUT2D eigenvalue weighted by Crippen LogP contribution is 2.44. The Morgan fingerprint density at radius 2 is 2.30 bits per heavy atom. The molecule has 1 aromatic rings. The van der Waals surface area contributed by atoms with Gasteiger partial charge in [-0.15, -0.1) is 0 Å². The number of amides is 1. The number of nitrogens with one attached hydrogen (secondary N) is 1. The predicted molar refractivity (Wildman–Crippen MR) is 82.9 cm³/mol. The van der Waals surface area contributed by atoms with Crippen molar-refractivity contribution in [2.75, 3.05) is 13.7 Å². The van der Waals surface area contributed by atoms with Gasteiger partial charge in [-0.05, 0) is 31.0 Å². The van der Waals surface area contributed by atoms with E-state index in [1.807, 2.05) is 6.92 Å². The standard InChI is InChI=1S/C17H21FN2O3/c1-4-12-8-14-16(22)20(3)10(2)19-17(14,9-23-12)13-7-11(21)5-6-15(13)18/h5-7,12,14,19,21H,2,4,8-9H2,1,3H3/t12-,14-,17+/m0/s1. The van der Waals surface area contributed by atoms with Gasteiger partial charge in [0.25, 0.3) is 0 Å². The fourth-order valence-corrected chi connectivity index (χ4v) is 3.50. The fourth-order valence-electron chi connectivity index (χ4n) is 3.50. The third-order valence-electron chi connectivity index (χ3n) is 4.93. The van der Waals surface area contributed by atoms with Crippen molar-refractivity contribution in [1.82, 2.24) is 10.2 Å². The van der Waals surface area contributed by atoms with E-state index < -0.39 is 17.3 Å². The smallest absolute Gasteiger partial charge is 0.233 e. The highest BCUT2D eigenvalue weighted by atomic mass is 19.1. The van der Waals surface area contributed by atoms with Crippen LogP contribution in [0.4, 0.5) is 4.39 Å². The summed E-state index contributed by atoms with van der Waals surface area (Å²) in [6.07, 6.45) is 1.24. The summed E-state index contributed by atoms with van der Waals surface area (Å²) < 4.78 is 20.3. The van der Waals surface area contributed by atoms with E-state index in [1.165, 1.54) is 23.1 Å². The third-order valence-corrected chi connectivity index (χ3v) is 4.93. The lowest BCUT2D eigenvalue weighted by Gasteiger charge is -2.52. The minimum absolute atomic E-state index is 0.0426. The van der Waals surface area contributed by atoms with E-state index in [0.29, 0.717) is 12.2 Å². The Bertz CT molecular complexity index is 663. The molecule has 0 bridgehead atoms. The molecule has 1 amide bonds. The summed E-state index contributed by atoms with van der Waals surface area (Å²) in [5.41, 5.74) is -0.811. The van der Waals surface area contributed by atoms with Crippen LogP contribution in [0.5, 0.6) is 5.75 Å². The van der Waals surface area contributed by atoms with E-state index in [0.717, 1.165) is 6.42 Å². The number of nitrogens with zero attached hydrogens (tertiary/aromatic N) is 1. The lowest BCUT2D eigenvalue weighted by atomic mass is 9.71. The van der Waals surface area contributed by atoms with Crippen LogP contribution >= 0.6 is 0 Å². The maximum absolute atomic E-state index is 14.5. The average molecular weight is 320 g/mol. The normalized spacial score (nSPS) is 30.8. The van der Waals surface area contributed by atoms with Gasteiger partial charge in [0, 0.05) is 12.6 Å². The summed E-state index contributed by atoms with van der Waals surface area (Å²) >= 11 is 0. The number of fused-ring (bicyclic) bond motifs is 1. The number of hydrogen-bond acceptors (Lipinski definition) is 4. The summed E-state index contributed by atoms with van der Waals surface area (Å²) in [4.78, 5) is 14.3. The van der Waals surface area contributed by atoms with Crippen molar-refractivity contribution in [3.63, 3.8) is 0 Å². The van der Waals surface area contributed by atoms with Gasteiger partial charge in [-0.3, -0.25) is 4.79 Å². The Labute approximate surface area is 134 Å². The van der Waals surface area contributed by atoms with Gasteiger partial charge in [0.15, 0.2) is 0 Å². The number of halogens is 1. The number of aromatic hydroxyl groups is 1. The molecular weight excluding hydrogens is 299 g/mol. The van der Waals surface area contributed by atoms with Crippen molar-refractivity contribution < 1.29 is 19.0 Å². The molecular formula is C17H21FN2O3. The Morgan fingerprint density at radius 3 is 3.00 bits per heavy atom. The molecule has 2 fully saturated rings. The fraction of sp³-hybridized carbons (Fsp3) is 0.471. The van der Waals surface area contributed by atoms with Crippen LogP contribution in [0.1, 0.15) is 25.3 Å². The Hall–Kier alpha value is -2.08. The lowest BCUT2D eigenvalue weighted by Crippen LogP contribution is -2.65. The number of benzene rings is 1. The second-order valence-electron chi connectivity index (χ2n) is 6.23. The molecule has 2 heterocycles. The second kappa shape index (κ2) is 5.53. The van der Waals surface area contributed by atoms with Crippen molar-refractivity contribution >= 4 is 5.91 Å². The van der Waals surface area contributed by atoms with Crippen LogP contribution in [-0.2, 0) is 15.1 Å². The highest BCUT2D eigenvalue weighted by molar-refractivity contribution is 5.83. The van der Waals surface area contributed by atoms with Crippen molar-refractivity contribution in [2.24, 2.45) is 5.92 Å². The van der Waals surface area contributed by atoms with Gasteiger partial charge in [-0.25, -0.2) is 4.39 Å². The SMILES string of the molecule is C=C1N[C@@]2(c3cc(O)ccc3F)CO[C@@H](CC)C[C@H]2C(=O)N1C. The Kier molecular flexibility index (Phi) is 3.80. The van der Waals surface area contributed by atoms with Crippen LogP contribution in [0.15, 0.2) is 30.6 Å². The van der Waals surface area contributed by atoms with Crippen LogP contribution in [0.2, 0.25) is 0 Å². The van der Waals surface area contributed by atoms with Gasteiger partial charge in [-0.2, -0.15) is 0 Å². The van der Waals surface area contributed by atoms with Gasteiger partial charge in [0.05, 0.1) is 18.6 Å². The van der Waals surface area contributed by atoms with Crippen molar-refractivity contribution in [3.8, 4) is 5.75 Å². The summed E-state index contributed by atoms with van der Waals surface area (Å²) in [5.74, 6) is -0.728. The number of phenols is 1. The zero-order valence-electron chi connectivity index (χ0n) is 13.3. The zero-order chi connectivity index (χ0) is 16.8. The predicted octanol–water partition coefficient (Wildman–Crippen LogP) is 2.07. The largest absolute Gasteiger partial charge is 0.508 e. The van der Waals surface area contributed by atoms with E-state index >= 15 is 0 Å². The molecule has 124 valence electrons. The third kappa shape index (κ3) is 2.37. The first-order chi connectivity index (χ1) is 10.9. The van der Waals surface area contributed by atoms with Crippen LogP contribution in [0.25, 0.3) is 0 Å². The minimum atomic E-state index is -1.05. The topological polar surface area (TPSA) is 61.8 Å². The Morgan fingerprint density at radius 1 is 1.57 bits per heavy atom. The van der Waals surface area contributed by atoms with Gasteiger partial charge in [-0.1, -0.05) is 13.5 Å². The van der Waals surface area contributed by atoms with Crippen LogP contribution in [0.3, 0.4) is 0 Å². The molecule has 2 N–H and O–H groups in total. The average Bonchev–Trinajstić information content (AvgIpc) is 2.54. The summed E-state index contributed by atoms with van der Waals surface area (Å²) in [6.45, 7) is 6.00. The van der Waals surface area contributed by atoms with E-state index in [4.69, 9.17) is 4.74 Å². The first-order valence-electron chi connectivity index (χ1n) is 7.74. The molecule has 1 aromatic carbocycles.